The molecule has 2 aromatic carbocycles. The van der Waals surface area contributed by atoms with Crippen LogP contribution in [0.5, 0.6) is 11.5 Å². The Kier molecular flexibility index (Phi) is 6.69. The van der Waals surface area contributed by atoms with Crippen LogP contribution < -0.4 is 14.8 Å². The summed E-state index contributed by atoms with van der Waals surface area (Å²) in [6, 6.07) is 11.7. The van der Waals surface area contributed by atoms with Gasteiger partial charge in [0.2, 0.25) is 0 Å². The topological polar surface area (TPSA) is 56.8 Å². The zero-order valence-electron chi connectivity index (χ0n) is 15.2. The Morgan fingerprint density at radius 3 is 2.56 bits per heavy atom. The van der Waals surface area contributed by atoms with Gasteiger partial charge in [-0.2, -0.15) is 0 Å². The number of rotatable bonds is 7. The number of ether oxygens (including phenoxy) is 3. The van der Waals surface area contributed by atoms with Crippen molar-refractivity contribution in [2.45, 2.75) is 33.8 Å². The van der Waals surface area contributed by atoms with Crippen molar-refractivity contribution in [3.63, 3.8) is 0 Å². The van der Waals surface area contributed by atoms with Crippen LogP contribution in [0.4, 0.5) is 10.5 Å². The van der Waals surface area contributed by atoms with Gasteiger partial charge in [-0.3, -0.25) is 5.32 Å². The minimum absolute atomic E-state index is 0.301. The molecule has 25 heavy (non-hydrogen) atoms. The van der Waals surface area contributed by atoms with Gasteiger partial charge in [0.1, 0.15) is 18.1 Å². The van der Waals surface area contributed by atoms with E-state index in [4.69, 9.17) is 14.2 Å². The average molecular weight is 343 g/mol. The number of anilines is 1. The highest BCUT2D eigenvalue weighted by Gasteiger charge is 2.14. The van der Waals surface area contributed by atoms with E-state index < -0.39 is 6.09 Å². The SMILES string of the molecule is CCOC(=O)Nc1c(COc2ccc(CC)cc2C)cccc1OC. The maximum atomic E-state index is 11.8. The molecule has 0 saturated carbocycles. The molecular weight excluding hydrogens is 318 g/mol. The first-order valence-electron chi connectivity index (χ1n) is 8.41. The number of nitrogens with one attached hydrogen (secondary N) is 1. The van der Waals surface area contributed by atoms with E-state index in [0.29, 0.717) is 24.7 Å². The summed E-state index contributed by atoms with van der Waals surface area (Å²) in [5.74, 6) is 1.38. The Bertz CT molecular complexity index is 728. The molecule has 2 aromatic rings. The third-order valence-electron chi connectivity index (χ3n) is 3.87. The number of carbonyl (C=O) groups excluding carboxylic acids is 1. The van der Waals surface area contributed by atoms with E-state index in [1.807, 2.05) is 25.1 Å². The van der Waals surface area contributed by atoms with Gasteiger partial charge in [0.15, 0.2) is 0 Å². The van der Waals surface area contributed by atoms with E-state index in [2.05, 4.69) is 24.4 Å². The van der Waals surface area contributed by atoms with Crippen molar-refractivity contribution >= 4 is 11.8 Å². The highest BCUT2D eigenvalue weighted by molar-refractivity contribution is 5.88. The Hall–Kier alpha value is -2.69. The van der Waals surface area contributed by atoms with Crippen molar-refractivity contribution in [2.75, 3.05) is 19.0 Å². The van der Waals surface area contributed by atoms with Gasteiger partial charge >= 0.3 is 6.09 Å². The van der Waals surface area contributed by atoms with Crippen molar-refractivity contribution < 1.29 is 19.0 Å². The van der Waals surface area contributed by atoms with E-state index in [-0.39, 0.29) is 0 Å². The zero-order chi connectivity index (χ0) is 18.2. The first-order valence-corrected chi connectivity index (χ1v) is 8.41. The predicted octanol–water partition coefficient (Wildman–Crippen LogP) is 4.71. The third kappa shape index (κ3) is 4.89. The number of carbonyl (C=O) groups is 1. The molecule has 0 saturated heterocycles. The molecule has 0 aromatic heterocycles. The van der Waals surface area contributed by atoms with Crippen LogP contribution in [0.3, 0.4) is 0 Å². The highest BCUT2D eigenvalue weighted by Crippen LogP contribution is 2.30. The van der Waals surface area contributed by atoms with Crippen LogP contribution in [0, 0.1) is 6.92 Å². The molecule has 0 aliphatic carbocycles. The monoisotopic (exact) mass is 343 g/mol. The molecule has 0 heterocycles. The lowest BCUT2D eigenvalue weighted by Gasteiger charge is -2.16. The number of para-hydroxylation sites is 1. The van der Waals surface area contributed by atoms with Crippen molar-refractivity contribution in [3.05, 3.63) is 53.1 Å². The molecule has 0 aliphatic rings. The molecule has 0 bridgehead atoms. The van der Waals surface area contributed by atoms with Crippen LogP contribution in [0.1, 0.15) is 30.5 Å². The fourth-order valence-corrected chi connectivity index (χ4v) is 2.53. The summed E-state index contributed by atoms with van der Waals surface area (Å²) in [6.07, 6.45) is 0.474. The maximum Gasteiger partial charge on any atom is 0.411 e. The van der Waals surface area contributed by atoms with Gasteiger partial charge < -0.3 is 14.2 Å². The lowest BCUT2D eigenvalue weighted by Crippen LogP contribution is -2.16. The summed E-state index contributed by atoms with van der Waals surface area (Å²) in [5.41, 5.74) is 3.73. The summed E-state index contributed by atoms with van der Waals surface area (Å²) in [5, 5.41) is 2.73. The smallest absolute Gasteiger partial charge is 0.411 e. The average Bonchev–Trinajstić information content (AvgIpc) is 2.61. The minimum atomic E-state index is -0.517. The van der Waals surface area contributed by atoms with E-state index in [1.165, 1.54) is 5.56 Å². The Balaban J connectivity index is 2.19. The Morgan fingerprint density at radius 2 is 1.92 bits per heavy atom. The summed E-state index contributed by atoms with van der Waals surface area (Å²) in [6.45, 7) is 6.52. The molecule has 0 unspecified atom stereocenters. The maximum absolute atomic E-state index is 11.8. The van der Waals surface area contributed by atoms with Gasteiger partial charge in [0.25, 0.3) is 0 Å². The Morgan fingerprint density at radius 1 is 1.12 bits per heavy atom. The normalized spacial score (nSPS) is 10.2. The van der Waals surface area contributed by atoms with Crippen LogP contribution >= 0.6 is 0 Å². The number of aryl methyl sites for hydroxylation is 2. The number of amides is 1. The molecule has 0 aliphatic heterocycles. The van der Waals surface area contributed by atoms with Crippen LogP contribution in [-0.2, 0) is 17.8 Å². The first kappa shape index (κ1) is 18.6. The largest absolute Gasteiger partial charge is 0.495 e. The molecule has 0 fully saturated rings. The van der Waals surface area contributed by atoms with Gasteiger partial charge in [-0.1, -0.05) is 31.2 Å². The molecule has 1 amide bonds. The molecule has 134 valence electrons. The molecule has 1 N–H and O–H groups in total. The standard InChI is InChI=1S/C20H25NO4/c1-5-15-10-11-17(14(3)12-15)25-13-16-8-7-9-18(23-4)19(16)21-20(22)24-6-2/h7-12H,5-6,13H2,1-4H3,(H,21,22). The second kappa shape index (κ2) is 8.97. The fourth-order valence-electron chi connectivity index (χ4n) is 2.53. The molecule has 0 atom stereocenters. The highest BCUT2D eigenvalue weighted by atomic mass is 16.5. The van der Waals surface area contributed by atoms with Crippen LogP contribution in [0.2, 0.25) is 0 Å². The molecule has 5 nitrogen and oxygen atoms in total. The molecule has 5 heteroatoms. The zero-order valence-corrected chi connectivity index (χ0v) is 15.2. The third-order valence-corrected chi connectivity index (χ3v) is 3.87. The lowest BCUT2D eigenvalue weighted by atomic mass is 10.1. The molecule has 0 radical (unpaired) electrons. The second-order valence-electron chi connectivity index (χ2n) is 5.58. The molecule has 0 spiro atoms. The van der Waals surface area contributed by atoms with E-state index in [1.54, 1.807) is 20.1 Å². The van der Waals surface area contributed by atoms with Crippen LogP contribution in [-0.4, -0.2) is 19.8 Å². The van der Waals surface area contributed by atoms with Crippen LogP contribution in [0.25, 0.3) is 0 Å². The van der Waals surface area contributed by atoms with Crippen molar-refractivity contribution in [3.8, 4) is 11.5 Å². The van der Waals surface area contributed by atoms with Crippen molar-refractivity contribution in [1.82, 2.24) is 0 Å². The number of benzene rings is 2. The summed E-state index contributed by atoms with van der Waals surface area (Å²) < 4.78 is 16.3. The van der Waals surface area contributed by atoms with Crippen molar-refractivity contribution in [2.24, 2.45) is 0 Å². The fraction of sp³-hybridized carbons (Fsp3) is 0.350. The van der Waals surface area contributed by atoms with Crippen molar-refractivity contribution in [1.29, 1.82) is 0 Å². The number of methoxy groups -OCH3 is 1. The number of hydrogen-bond acceptors (Lipinski definition) is 4. The minimum Gasteiger partial charge on any atom is -0.495 e. The molecule has 2 rings (SSSR count). The first-order chi connectivity index (χ1) is 12.1. The number of hydrogen-bond donors (Lipinski definition) is 1. The lowest BCUT2D eigenvalue weighted by molar-refractivity contribution is 0.167. The summed E-state index contributed by atoms with van der Waals surface area (Å²) in [4.78, 5) is 11.8. The summed E-state index contributed by atoms with van der Waals surface area (Å²) in [7, 11) is 1.56. The molecular formula is C20H25NO4. The Labute approximate surface area is 148 Å². The van der Waals surface area contributed by atoms with E-state index >= 15 is 0 Å². The quantitative estimate of drug-likeness (QED) is 0.791. The van der Waals surface area contributed by atoms with Gasteiger partial charge in [0, 0.05) is 5.56 Å². The van der Waals surface area contributed by atoms with Gasteiger partial charge in [-0.15, -0.1) is 0 Å². The van der Waals surface area contributed by atoms with Gasteiger partial charge in [0.05, 0.1) is 19.4 Å². The van der Waals surface area contributed by atoms with Crippen LogP contribution in [0.15, 0.2) is 36.4 Å². The summed E-state index contributed by atoms with van der Waals surface area (Å²) >= 11 is 0. The van der Waals surface area contributed by atoms with Gasteiger partial charge in [-0.05, 0) is 43.5 Å². The predicted molar refractivity (Wildman–Crippen MR) is 98.5 cm³/mol. The van der Waals surface area contributed by atoms with E-state index in [9.17, 15) is 4.79 Å². The second-order valence-corrected chi connectivity index (χ2v) is 5.58. The van der Waals surface area contributed by atoms with Gasteiger partial charge in [-0.25, -0.2) is 4.79 Å². The van der Waals surface area contributed by atoms with E-state index in [0.717, 1.165) is 23.3 Å².